The molecule has 0 saturated carbocycles. The summed E-state index contributed by atoms with van der Waals surface area (Å²) in [6, 6.07) is -1.25. The van der Waals surface area contributed by atoms with Crippen molar-refractivity contribution in [2.45, 2.75) is 11.4 Å². The molecule has 0 aliphatic heterocycles. The van der Waals surface area contributed by atoms with E-state index in [1.54, 1.807) is 0 Å². The van der Waals surface area contributed by atoms with Gasteiger partial charge in [-0.15, -0.1) is 0 Å². The number of carboxylic acids is 1. The second-order valence-electron chi connectivity index (χ2n) is 1.46. The first kappa shape index (κ1) is 8.55. The molecule has 0 unspecified atom stereocenters. The summed E-state index contributed by atoms with van der Waals surface area (Å²) >= 11 is -3.35. The van der Waals surface area contributed by atoms with Crippen LogP contribution in [0.25, 0.3) is 0 Å². The van der Waals surface area contributed by atoms with Crippen molar-refractivity contribution < 1.29 is 17.6 Å². The Kier molecular flexibility index (Phi) is 3.37. The summed E-state index contributed by atoms with van der Waals surface area (Å²) in [4.78, 5) is 9.86. The Balaban J connectivity index is 3.77. The molecule has 0 aromatic carbocycles. The van der Waals surface area contributed by atoms with Crippen molar-refractivity contribution in [3.63, 3.8) is 0 Å². The zero-order valence-electron chi connectivity index (χ0n) is 4.48. The Bertz CT molecular complexity index is 167. The number of rotatable bonds is 3. The van der Waals surface area contributed by atoms with Crippen molar-refractivity contribution in [3.8, 4) is 0 Å². The number of aliphatic carboxylic acids is 1. The molecule has 0 aromatic rings. The molecule has 54 valence electrons. The molecule has 0 fully saturated rings. The van der Waals surface area contributed by atoms with E-state index in [0.717, 1.165) is 0 Å². The van der Waals surface area contributed by atoms with Crippen molar-refractivity contribution in [1.29, 1.82) is 0 Å². The van der Waals surface area contributed by atoms with E-state index in [9.17, 15) is 12.5 Å². The first-order valence-corrected chi connectivity index (χ1v) is 5.00. The topological polar surface area (TPSA) is 97.5 Å². The van der Waals surface area contributed by atoms with Gasteiger partial charge < -0.3 is 0 Å². The summed E-state index contributed by atoms with van der Waals surface area (Å²) in [5.74, 6) is -1.28. The molecule has 0 aromatic heterocycles. The molecule has 5 nitrogen and oxygen atoms in total. The third kappa shape index (κ3) is 4.08. The van der Waals surface area contributed by atoms with E-state index < -0.39 is 31.1 Å². The first-order chi connectivity index (χ1) is 4.04. The van der Waals surface area contributed by atoms with Crippen LogP contribution in [0.3, 0.4) is 0 Å². The van der Waals surface area contributed by atoms with Gasteiger partial charge in [-0.3, -0.25) is 0 Å². The molecule has 0 spiro atoms. The van der Waals surface area contributed by atoms with Crippen molar-refractivity contribution in [2.75, 3.05) is 0 Å². The Hall–Kier alpha value is -0.451. The van der Waals surface area contributed by atoms with Crippen molar-refractivity contribution >= 4 is 19.7 Å². The zero-order valence-corrected chi connectivity index (χ0v) is 6.36. The Morgan fingerprint density at radius 1 is 1.67 bits per heavy atom. The van der Waals surface area contributed by atoms with Gasteiger partial charge in [0.05, 0.1) is 0 Å². The summed E-state index contributed by atoms with van der Waals surface area (Å²) in [6.07, 6.45) is 0. The zero-order chi connectivity index (χ0) is 7.44. The summed E-state index contributed by atoms with van der Waals surface area (Å²) in [5.41, 5.74) is 4.85. The fraction of sp³-hybridized carbons (Fsp3) is 0.667. The van der Waals surface area contributed by atoms with Crippen molar-refractivity contribution in [1.82, 2.24) is 0 Å². The van der Waals surface area contributed by atoms with Crippen LogP contribution in [-0.4, -0.2) is 30.9 Å². The third-order valence-electron chi connectivity index (χ3n) is 0.663. The average molecular weight is 200 g/mol. The van der Waals surface area contributed by atoms with Crippen molar-refractivity contribution in [3.05, 3.63) is 0 Å². The van der Waals surface area contributed by atoms with Crippen LogP contribution < -0.4 is 5.73 Å². The van der Waals surface area contributed by atoms with E-state index in [0.29, 0.717) is 0 Å². The van der Waals surface area contributed by atoms with E-state index in [4.69, 9.17) is 10.8 Å². The normalized spacial score (nSPS) is 13.6. The monoisotopic (exact) mass is 201 g/mol. The van der Waals surface area contributed by atoms with Gasteiger partial charge in [-0.05, 0) is 0 Å². The van der Waals surface area contributed by atoms with Crippen LogP contribution in [0.1, 0.15) is 0 Å². The second-order valence-corrected chi connectivity index (χ2v) is 3.62. The quantitative estimate of drug-likeness (QED) is 0.539. The van der Waals surface area contributed by atoms with Crippen LogP contribution in [0.4, 0.5) is 0 Å². The summed E-state index contributed by atoms with van der Waals surface area (Å²) < 4.78 is 19.8. The summed E-state index contributed by atoms with van der Waals surface area (Å²) in [6.45, 7) is 0. The minimum absolute atomic E-state index is 0.414. The molecule has 0 aliphatic rings. The van der Waals surface area contributed by atoms with Gasteiger partial charge in [0.15, 0.2) is 0 Å². The van der Waals surface area contributed by atoms with E-state index in [2.05, 4.69) is 0 Å². The molecule has 0 amide bonds. The van der Waals surface area contributed by atoms with Gasteiger partial charge in [0.1, 0.15) is 0 Å². The summed E-state index contributed by atoms with van der Waals surface area (Å²) in [7, 11) is 0. The van der Waals surface area contributed by atoms with Crippen LogP contribution in [0, 0.1) is 0 Å². The van der Waals surface area contributed by atoms with Crippen LogP contribution in [0.2, 0.25) is 5.32 Å². The molecule has 3 N–H and O–H groups in total. The minimum atomic E-state index is -3.35. The standard InChI is InChI=1S/C3H7NO4Se/c4-2(3(5)6)1-9(7)8/h2,9H,1,4H2,(H,5,6)/t2-/m0/s1. The number of hydrogen-bond acceptors (Lipinski definition) is 4. The molecule has 0 saturated heterocycles. The maximum atomic E-state index is 9.89. The molecule has 0 bridgehead atoms. The molecule has 0 heterocycles. The van der Waals surface area contributed by atoms with Gasteiger partial charge in [0.2, 0.25) is 0 Å². The number of nitrogens with two attached hydrogens (primary N) is 1. The van der Waals surface area contributed by atoms with Gasteiger partial charge in [-0.25, -0.2) is 0 Å². The van der Waals surface area contributed by atoms with E-state index in [1.165, 1.54) is 0 Å². The molecule has 0 radical (unpaired) electrons. The number of carboxylic acid groups (broad SMARTS) is 1. The first-order valence-electron chi connectivity index (χ1n) is 2.14. The maximum absolute atomic E-state index is 9.89. The van der Waals surface area contributed by atoms with Crippen LogP contribution in [-0.2, 0) is 12.5 Å². The molecule has 1 atom stereocenters. The molecular weight excluding hydrogens is 193 g/mol. The van der Waals surface area contributed by atoms with E-state index >= 15 is 0 Å². The van der Waals surface area contributed by atoms with Gasteiger partial charge in [0.25, 0.3) is 0 Å². The fourth-order valence-electron chi connectivity index (χ4n) is 0.239. The van der Waals surface area contributed by atoms with Crippen LogP contribution >= 0.6 is 0 Å². The summed E-state index contributed by atoms with van der Waals surface area (Å²) in [5, 5.41) is 7.64. The van der Waals surface area contributed by atoms with Crippen LogP contribution in [0.5, 0.6) is 0 Å². The number of carbonyl (C=O) groups is 1. The van der Waals surface area contributed by atoms with E-state index in [1.807, 2.05) is 0 Å². The molecule has 0 rings (SSSR count). The molecular formula is C3H7NO4Se. The van der Waals surface area contributed by atoms with Gasteiger partial charge in [-0.2, -0.15) is 0 Å². The second kappa shape index (κ2) is 3.55. The molecule has 9 heavy (non-hydrogen) atoms. The Morgan fingerprint density at radius 3 is 2.22 bits per heavy atom. The van der Waals surface area contributed by atoms with E-state index in [-0.39, 0.29) is 0 Å². The number of hydrogen-bond donors (Lipinski definition) is 2. The van der Waals surface area contributed by atoms with Crippen LogP contribution in [0.15, 0.2) is 0 Å². The van der Waals surface area contributed by atoms with Crippen molar-refractivity contribution in [2.24, 2.45) is 5.73 Å². The Labute approximate surface area is 55.1 Å². The third-order valence-corrected chi connectivity index (χ3v) is 2.11. The molecule has 0 aliphatic carbocycles. The fourth-order valence-corrected chi connectivity index (χ4v) is 1.24. The van der Waals surface area contributed by atoms with Gasteiger partial charge in [0, 0.05) is 0 Å². The SMILES string of the molecule is N[C@@H](C[SeH](=O)=O)C(=O)O. The van der Waals surface area contributed by atoms with Gasteiger partial charge >= 0.3 is 54.4 Å². The Morgan fingerprint density at radius 2 is 2.11 bits per heavy atom. The average Bonchev–Trinajstić information content (AvgIpc) is 1.63. The van der Waals surface area contributed by atoms with Gasteiger partial charge in [-0.1, -0.05) is 0 Å². The predicted molar refractivity (Wildman–Crippen MR) is 28.9 cm³/mol. The molecule has 6 heteroatoms. The predicted octanol–water partition coefficient (Wildman–Crippen LogP) is -1.52.